The zero-order valence-electron chi connectivity index (χ0n) is 22.0. The van der Waals surface area contributed by atoms with Crippen molar-refractivity contribution in [3.05, 3.63) is 60.0 Å². The molecule has 1 aliphatic heterocycles. The smallest absolute Gasteiger partial charge is 0.166 e. The topological polar surface area (TPSA) is 92.7 Å². The van der Waals surface area contributed by atoms with Crippen LogP contribution in [0, 0.1) is 11.8 Å². The van der Waals surface area contributed by atoms with E-state index in [1.165, 1.54) is 0 Å². The molecule has 0 amide bonds. The number of aromatic nitrogens is 3. The lowest BCUT2D eigenvalue weighted by Crippen LogP contribution is -2.54. The summed E-state index contributed by atoms with van der Waals surface area (Å²) in [7, 11) is 2.12. The maximum Gasteiger partial charge on any atom is 0.166 e. The zero-order valence-corrected chi connectivity index (χ0v) is 20.0. The molecule has 1 aromatic carbocycles. The molecule has 0 saturated carbocycles. The Morgan fingerprint density at radius 1 is 1.26 bits per heavy atom. The number of likely N-dealkylation sites (N-methyl/N-ethyl adjacent to an activating group) is 1. The van der Waals surface area contributed by atoms with Crippen molar-refractivity contribution in [1.82, 2.24) is 19.8 Å². The summed E-state index contributed by atoms with van der Waals surface area (Å²) in [5, 5.41) is 16.5. The lowest BCUT2D eigenvalue weighted by molar-refractivity contribution is 0.143. The van der Waals surface area contributed by atoms with Gasteiger partial charge in [0.25, 0.3) is 0 Å². The molecule has 0 spiro atoms. The Labute approximate surface area is 203 Å². The molecule has 0 aliphatic carbocycles. The molecule has 4 rings (SSSR count). The number of nitrogens with zero attached hydrogens (tertiary/aromatic N) is 5. The first-order valence-corrected chi connectivity index (χ1v) is 11.2. The van der Waals surface area contributed by atoms with E-state index in [4.69, 9.17) is 13.2 Å². The Morgan fingerprint density at radius 2 is 2.09 bits per heavy atom. The van der Waals surface area contributed by atoms with E-state index in [9.17, 15) is 5.11 Å². The van der Waals surface area contributed by atoms with Gasteiger partial charge in [0.1, 0.15) is 12.2 Å². The van der Waals surface area contributed by atoms with Gasteiger partial charge >= 0.3 is 0 Å². The highest BCUT2D eigenvalue weighted by atomic mass is 16.5. The van der Waals surface area contributed by atoms with E-state index >= 15 is 0 Å². The van der Waals surface area contributed by atoms with Crippen LogP contribution in [0.5, 0.6) is 5.75 Å². The van der Waals surface area contributed by atoms with E-state index in [0.29, 0.717) is 17.2 Å². The number of nitrogen functional groups attached to an aromatic ring is 1. The van der Waals surface area contributed by atoms with Crippen molar-refractivity contribution in [3.8, 4) is 28.7 Å². The van der Waals surface area contributed by atoms with Crippen LogP contribution in [0.1, 0.15) is 34.6 Å². The van der Waals surface area contributed by atoms with Crippen molar-refractivity contribution in [2.75, 3.05) is 37.4 Å². The Balaban J connectivity index is 1.55. The van der Waals surface area contributed by atoms with Gasteiger partial charge < -0.3 is 20.5 Å². The minimum atomic E-state index is -2.19. The van der Waals surface area contributed by atoms with E-state index < -0.39 is 12.2 Å². The highest BCUT2D eigenvalue weighted by Gasteiger charge is 2.21. The molecule has 0 radical (unpaired) electrons. The van der Waals surface area contributed by atoms with Gasteiger partial charge in [0.2, 0.25) is 0 Å². The van der Waals surface area contributed by atoms with Crippen LogP contribution in [-0.4, -0.2) is 63.2 Å². The summed E-state index contributed by atoms with van der Waals surface area (Å²) in [4.78, 5) is 8.39. The van der Waals surface area contributed by atoms with Crippen molar-refractivity contribution in [2.45, 2.75) is 39.0 Å². The fourth-order valence-electron chi connectivity index (χ4n) is 3.53. The second-order valence-electron chi connectivity index (χ2n) is 9.09. The van der Waals surface area contributed by atoms with E-state index in [2.05, 4.69) is 45.8 Å². The number of rotatable bonds is 5. The average molecular weight is 463 g/mol. The Kier molecular flexibility index (Phi) is 6.03. The SMILES string of the molecule is [2H]C([2H])(Oc1cc(-c2cnn(N3CCN(C)C(C)C3)c2)cnc1N)c1cccc(C#CC(C)(C)O)c1. The number of hydrogen-bond donors (Lipinski definition) is 2. The van der Waals surface area contributed by atoms with Crippen LogP contribution in [0.3, 0.4) is 0 Å². The third-order valence-corrected chi connectivity index (χ3v) is 5.67. The fraction of sp³-hybridized carbons (Fsp3) is 0.385. The van der Waals surface area contributed by atoms with Crippen LogP contribution in [0.15, 0.2) is 48.9 Å². The van der Waals surface area contributed by atoms with Gasteiger partial charge in [-0.25, -0.2) is 4.98 Å². The first kappa shape index (κ1) is 21.0. The summed E-state index contributed by atoms with van der Waals surface area (Å²) in [6.45, 7) is 5.86. The van der Waals surface area contributed by atoms with E-state index in [1.54, 1.807) is 56.6 Å². The van der Waals surface area contributed by atoms with Gasteiger partial charge in [0.05, 0.1) is 21.7 Å². The molecular weight excluding hydrogens is 428 g/mol. The molecular formula is C26H32N6O2. The predicted molar refractivity (Wildman–Crippen MR) is 134 cm³/mol. The monoisotopic (exact) mass is 462 g/mol. The third kappa shape index (κ3) is 5.87. The minimum absolute atomic E-state index is 0.0842. The standard InChI is InChI=1S/C26H32N6O2/c1-19-16-31(11-10-30(19)4)32-17-23(15-29-32)22-13-24(25(27)28-14-22)34-18-21-7-5-6-20(12-21)8-9-26(2,3)33/h5-7,12-15,17,19,33H,10-11,16,18H2,1-4H3,(H2,27,28)/i18D2. The maximum atomic E-state index is 9.85. The summed E-state index contributed by atoms with van der Waals surface area (Å²) in [5.74, 6) is 5.81. The number of ether oxygens (including phenoxy) is 1. The molecule has 1 atom stereocenters. The molecule has 2 aromatic heterocycles. The summed E-state index contributed by atoms with van der Waals surface area (Å²) in [5.41, 5.74) is 7.26. The highest BCUT2D eigenvalue weighted by molar-refractivity contribution is 5.65. The lowest BCUT2D eigenvalue weighted by atomic mass is 10.1. The zero-order chi connectivity index (χ0) is 26.1. The third-order valence-electron chi connectivity index (χ3n) is 5.67. The van der Waals surface area contributed by atoms with E-state index in [-0.39, 0.29) is 17.1 Å². The van der Waals surface area contributed by atoms with Gasteiger partial charge in [-0.1, -0.05) is 24.0 Å². The van der Waals surface area contributed by atoms with Crippen LogP contribution in [0.4, 0.5) is 5.82 Å². The molecule has 8 nitrogen and oxygen atoms in total. The Morgan fingerprint density at radius 3 is 2.85 bits per heavy atom. The van der Waals surface area contributed by atoms with E-state index in [1.807, 2.05) is 11.0 Å². The van der Waals surface area contributed by atoms with Crippen molar-refractivity contribution in [1.29, 1.82) is 0 Å². The maximum absolute atomic E-state index is 9.85. The molecule has 3 heterocycles. The number of pyridine rings is 1. The van der Waals surface area contributed by atoms with Crippen LogP contribution in [-0.2, 0) is 6.56 Å². The Hall–Kier alpha value is -3.54. The average Bonchev–Trinajstić information content (AvgIpc) is 3.31. The second kappa shape index (κ2) is 9.75. The molecule has 1 unspecified atom stereocenters. The molecule has 1 aliphatic rings. The minimum Gasteiger partial charge on any atom is -0.485 e. The number of piperazine rings is 1. The first-order chi connectivity index (χ1) is 16.9. The summed E-state index contributed by atoms with van der Waals surface area (Å²) < 4.78 is 22.8. The molecule has 3 aromatic rings. The van der Waals surface area contributed by atoms with E-state index in [0.717, 1.165) is 25.2 Å². The first-order valence-electron chi connectivity index (χ1n) is 12.2. The molecule has 8 heteroatoms. The van der Waals surface area contributed by atoms with Crippen LogP contribution in [0.25, 0.3) is 11.1 Å². The van der Waals surface area contributed by atoms with Gasteiger partial charge in [-0.3, -0.25) is 5.01 Å². The van der Waals surface area contributed by atoms with Crippen LogP contribution < -0.4 is 15.5 Å². The molecule has 178 valence electrons. The summed E-state index contributed by atoms with van der Waals surface area (Å²) in [6.07, 6.45) is 5.30. The summed E-state index contributed by atoms with van der Waals surface area (Å²) >= 11 is 0. The molecule has 1 saturated heterocycles. The quantitative estimate of drug-likeness (QED) is 0.563. The normalized spacial score (nSPS) is 18.0. The second-order valence-corrected chi connectivity index (χ2v) is 9.09. The van der Waals surface area contributed by atoms with Gasteiger partial charge in [-0.2, -0.15) is 9.89 Å². The number of nitrogens with two attached hydrogens (primary N) is 1. The van der Waals surface area contributed by atoms with Crippen molar-refractivity contribution in [3.63, 3.8) is 0 Å². The molecule has 0 bridgehead atoms. The Bertz CT molecular complexity index is 1290. The molecule has 3 N–H and O–H groups in total. The number of benzene rings is 1. The largest absolute Gasteiger partial charge is 0.485 e. The van der Waals surface area contributed by atoms with Crippen molar-refractivity contribution < 1.29 is 12.6 Å². The number of hydrogen-bond acceptors (Lipinski definition) is 7. The van der Waals surface area contributed by atoms with Gasteiger partial charge in [0.15, 0.2) is 11.6 Å². The fourth-order valence-corrected chi connectivity index (χ4v) is 3.53. The van der Waals surface area contributed by atoms with Crippen LogP contribution in [0.2, 0.25) is 0 Å². The number of anilines is 1. The van der Waals surface area contributed by atoms with Gasteiger partial charge in [-0.15, -0.1) is 0 Å². The van der Waals surface area contributed by atoms with Crippen molar-refractivity contribution in [2.24, 2.45) is 0 Å². The van der Waals surface area contributed by atoms with Gasteiger partial charge in [-0.05, 0) is 51.6 Å². The predicted octanol–water partition coefficient (Wildman–Crippen LogP) is 2.50. The summed E-state index contributed by atoms with van der Waals surface area (Å²) in [6, 6.07) is 8.74. The lowest BCUT2D eigenvalue weighted by Gasteiger charge is -2.38. The number of aliphatic hydroxyl groups is 1. The van der Waals surface area contributed by atoms with Crippen molar-refractivity contribution >= 4 is 5.82 Å². The van der Waals surface area contributed by atoms with Crippen LogP contribution >= 0.6 is 0 Å². The molecule has 34 heavy (non-hydrogen) atoms. The van der Waals surface area contributed by atoms with Gasteiger partial charge in [0, 0.05) is 42.0 Å². The highest BCUT2D eigenvalue weighted by Crippen LogP contribution is 2.27. The molecule has 1 fully saturated rings.